The number of anilines is 4. The smallest absolute Gasteiger partial charge is 0.259 e. The lowest BCUT2D eigenvalue weighted by molar-refractivity contribution is 0.0675. The van der Waals surface area contributed by atoms with Gasteiger partial charge in [-0.25, -0.2) is 59.8 Å². The van der Waals surface area contributed by atoms with Gasteiger partial charge in [0, 0.05) is 121 Å². The molecule has 6 fully saturated rings. The lowest BCUT2D eigenvalue weighted by Crippen LogP contribution is -2.56. The predicted octanol–water partition coefficient (Wildman–Crippen LogP) is 10.2. The van der Waals surface area contributed by atoms with Crippen LogP contribution in [-0.4, -0.2) is 262 Å². The average molecular weight is 1610 g/mol. The Labute approximate surface area is 690 Å². The van der Waals surface area contributed by atoms with Crippen molar-refractivity contribution < 1.29 is 19.2 Å². The summed E-state index contributed by atoms with van der Waals surface area (Å²) in [5.41, 5.74) is 18.0. The molecule has 3 saturated carbocycles. The standard InChI is InChI=1S/2C23H25N7O.2C21H23N7O/c1-28-9-4-10-29(12-11-28)23(31)19-20(26-15-7-8-15)16-13-24-14-25-21(16)30-18-6-3-2-5-17(18)27-22(19)30;31-23(25-9-12-29-10-3-4-11-29)19-20(27-15-7-8-15)16-13-24-14-26-21(16)30-18-6-2-1-5-17(18)28-22(19)30;1-12-9-27(10-13(2)25-12)21(29)17-18(22-3)14-8-23-11-24-19(14)28-16-7-5-4-6-15(16)26-20(17)28;1-27(2)10-9-23-21(29)17-18(25-13-7-8-13)14-11-22-12-24-19(14)28-16-6-4-3-5-15(16)26-20(17)28/h2-3,5-6,13-15,26H,4,7-12H2,1H3;1-2,5-6,13-15,27H,3-4,7-12H2,(H,25,31);4-8,11-13,22,25H,9-10H2,1-3H3;3-6,11-13,25H,7-10H2,1-2H3,(H,23,29)/t;;12-,13+;. The molecule has 22 rings (SSSR count). The van der Waals surface area contributed by atoms with Gasteiger partial charge >= 0.3 is 0 Å². The first kappa shape index (κ1) is 76.9. The number of nitrogens with zero attached hydrogens (tertiary/aromatic N) is 21. The van der Waals surface area contributed by atoms with Gasteiger partial charge in [-0.1, -0.05) is 48.5 Å². The Bertz CT molecular complexity index is 6650. The maximum Gasteiger partial charge on any atom is 0.259 e. The van der Waals surface area contributed by atoms with Crippen molar-refractivity contribution >= 4 is 157 Å². The Hall–Kier alpha value is -13.0. The van der Waals surface area contributed by atoms with E-state index in [9.17, 15) is 19.2 Å². The van der Waals surface area contributed by atoms with E-state index < -0.39 is 0 Å². The van der Waals surface area contributed by atoms with E-state index in [4.69, 9.17) is 19.9 Å². The van der Waals surface area contributed by atoms with Gasteiger partial charge in [-0.2, -0.15) is 0 Å². The van der Waals surface area contributed by atoms with Crippen molar-refractivity contribution in [2.75, 3.05) is 128 Å². The molecular formula is C88H96N28O4. The topological polar surface area (TPSA) is 341 Å². The van der Waals surface area contributed by atoms with Gasteiger partial charge in [0.15, 0.2) is 45.2 Å². The molecule has 3 saturated heterocycles. The molecule has 3 aliphatic heterocycles. The number of nitrogens with one attached hydrogen (secondary N) is 7. The summed E-state index contributed by atoms with van der Waals surface area (Å²) < 4.78 is 7.93. The molecule has 3 aliphatic carbocycles. The number of hydrogen-bond acceptors (Lipinski definition) is 24. The van der Waals surface area contributed by atoms with Gasteiger partial charge in [0.1, 0.15) is 47.6 Å². The summed E-state index contributed by atoms with van der Waals surface area (Å²) in [4.78, 5) is 120. The molecule has 32 heteroatoms. The fourth-order valence-corrected chi connectivity index (χ4v) is 17.1. The highest BCUT2D eigenvalue weighted by Gasteiger charge is 2.36. The minimum absolute atomic E-state index is 0.0272. The number of fused-ring (bicyclic) bond motifs is 20. The molecule has 12 aromatic heterocycles. The highest BCUT2D eigenvalue weighted by molar-refractivity contribution is 6.17. The highest BCUT2D eigenvalue weighted by atomic mass is 16.2. The number of carbonyl (C=O) groups is 4. The van der Waals surface area contributed by atoms with Crippen LogP contribution in [0.1, 0.15) is 113 Å². The number of imidazole rings is 4. The minimum Gasteiger partial charge on any atom is -0.387 e. The van der Waals surface area contributed by atoms with E-state index in [-0.39, 0.29) is 35.7 Å². The van der Waals surface area contributed by atoms with Gasteiger partial charge < -0.3 is 61.7 Å². The number of pyridine rings is 4. The van der Waals surface area contributed by atoms with Gasteiger partial charge in [-0.15, -0.1) is 0 Å². The highest BCUT2D eigenvalue weighted by Crippen LogP contribution is 2.41. The normalized spacial score (nSPS) is 17.3. The largest absolute Gasteiger partial charge is 0.387 e. The number of likely N-dealkylation sites (N-methyl/N-ethyl adjacent to an activating group) is 2. The summed E-state index contributed by atoms with van der Waals surface area (Å²) in [6, 6.07) is 33.3. The third-order valence-corrected chi connectivity index (χ3v) is 23.3. The van der Waals surface area contributed by atoms with E-state index in [1.807, 2.05) is 157 Å². The summed E-state index contributed by atoms with van der Waals surface area (Å²) in [6.45, 7) is 13.9. The van der Waals surface area contributed by atoms with Crippen LogP contribution in [0.5, 0.6) is 0 Å². The number of aromatic nitrogens is 16. The van der Waals surface area contributed by atoms with Crippen molar-refractivity contribution in [2.45, 2.75) is 102 Å². The zero-order valence-corrected chi connectivity index (χ0v) is 68.1. The quantitative estimate of drug-likeness (QED) is 0.0445. The number of hydrogen-bond donors (Lipinski definition) is 7. The first-order valence-electron chi connectivity index (χ1n) is 41.8. The molecule has 32 nitrogen and oxygen atoms in total. The van der Waals surface area contributed by atoms with Crippen molar-refractivity contribution in [3.8, 4) is 0 Å². The molecule has 612 valence electrons. The van der Waals surface area contributed by atoms with Crippen LogP contribution in [0.4, 0.5) is 22.7 Å². The van der Waals surface area contributed by atoms with Crippen molar-refractivity contribution in [2.24, 2.45) is 0 Å². The van der Waals surface area contributed by atoms with Gasteiger partial charge in [0.2, 0.25) is 0 Å². The lowest BCUT2D eigenvalue weighted by atomic mass is 10.1. The molecule has 120 heavy (non-hydrogen) atoms. The van der Waals surface area contributed by atoms with E-state index in [1.165, 1.54) is 25.5 Å². The number of piperazine rings is 1. The van der Waals surface area contributed by atoms with Gasteiger partial charge in [-0.3, -0.25) is 36.8 Å². The number of carbonyl (C=O) groups excluding carboxylic acids is 4. The minimum atomic E-state index is -0.138. The second-order valence-electron chi connectivity index (χ2n) is 32.6. The predicted molar refractivity (Wildman–Crippen MR) is 468 cm³/mol. The van der Waals surface area contributed by atoms with Crippen LogP contribution in [0.3, 0.4) is 0 Å². The van der Waals surface area contributed by atoms with Crippen molar-refractivity contribution in [3.63, 3.8) is 0 Å². The molecule has 6 aliphatic rings. The summed E-state index contributed by atoms with van der Waals surface area (Å²) in [6.07, 6.45) is 23.4. The first-order chi connectivity index (χ1) is 58.7. The van der Waals surface area contributed by atoms with Gasteiger partial charge in [0.25, 0.3) is 23.6 Å². The van der Waals surface area contributed by atoms with Crippen molar-refractivity contribution in [1.82, 2.24) is 118 Å². The summed E-state index contributed by atoms with van der Waals surface area (Å²) in [5.74, 6) is -0.236. The summed E-state index contributed by atoms with van der Waals surface area (Å²) >= 11 is 0. The molecule has 7 N–H and O–H groups in total. The molecule has 2 atom stereocenters. The number of amides is 4. The number of benzene rings is 4. The third kappa shape index (κ3) is 14.9. The van der Waals surface area contributed by atoms with Crippen LogP contribution in [0, 0.1) is 0 Å². The maximum atomic E-state index is 14.0. The summed E-state index contributed by atoms with van der Waals surface area (Å²) in [5, 5.41) is 27.0. The number of rotatable bonds is 17. The van der Waals surface area contributed by atoms with E-state index >= 15 is 0 Å². The molecule has 0 unspecified atom stereocenters. The molecule has 0 radical (unpaired) electrons. The van der Waals surface area contributed by atoms with Crippen LogP contribution in [0.25, 0.3) is 111 Å². The molecule has 15 heterocycles. The lowest BCUT2D eigenvalue weighted by Gasteiger charge is -2.36. The molecule has 4 aromatic carbocycles. The zero-order valence-electron chi connectivity index (χ0n) is 68.1. The maximum absolute atomic E-state index is 14.0. The van der Waals surface area contributed by atoms with Crippen molar-refractivity contribution in [3.05, 3.63) is 169 Å². The zero-order chi connectivity index (χ0) is 81.8. The first-order valence-corrected chi connectivity index (χ1v) is 41.8. The van der Waals surface area contributed by atoms with E-state index in [2.05, 4.69) is 108 Å². The Morgan fingerprint density at radius 1 is 0.425 bits per heavy atom. The van der Waals surface area contributed by atoms with Crippen LogP contribution < -0.4 is 37.2 Å². The molecule has 0 spiro atoms. The Kier molecular flexibility index (Phi) is 21.0. The Morgan fingerprint density at radius 2 is 0.792 bits per heavy atom. The molecule has 0 bridgehead atoms. The monoisotopic (exact) mass is 1610 g/mol. The number of likely N-dealkylation sites (tertiary alicyclic amines) is 1. The SMILES string of the molecule is CN(C)CCNC(=O)c1c(NC2CC2)c2cncnc2n2c1nc1ccccc12.CN1CCCN(C(=O)c2c(NC3CC3)c3cncnc3n3c2nc2ccccc23)CC1.CNc1c(C(=O)N2C[C@@H](C)N[C@@H](C)C2)c2nc3ccccc3n2c2ncncc12.O=C(NCCN1CCCC1)c1c(NC2CC2)c2cncnc2n2c1nc1ccccc12. The Morgan fingerprint density at radius 3 is 1.19 bits per heavy atom. The molecule has 16 aromatic rings. The van der Waals surface area contributed by atoms with E-state index in [1.54, 1.807) is 31.2 Å². The fourth-order valence-electron chi connectivity index (χ4n) is 17.1. The van der Waals surface area contributed by atoms with Crippen LogP contribution in [0.2, 0.25) is 0 Å². The van der Waals surface area contributed by atoms with Crippen LogP contribution >= 0.6 is 0 Å². The second-order valence-corrected chi connectivity index (χ2v) is 32.6. The number of para-hydroxylation sites is 8. The fraction of sp³-hybridized carbons (Fsp3) is 0.364. The summed E-state index contributed by atoms with van der Waals surface area (Å²) in [7, 11) is 7.90. The van der Waals surface area contributed by atoms with Crippen molar-refractivity contribution in [1.29, 1.82) is 0 Å². The molecule has 4 amide bonds. The van der Waals surface area contributed by atoms with Gasteiger partial charge in [0.05, 0.1) is 88.4 Å². The van der Waals surface area contributed by atoms with Crippen LogP contribution in [-0.2, 0) is 0 Å². The van der Waals surface area contributed by atoms with E-state index in [0.717, 1.165) is 196 Å². The van der Waals surface area contributed by atoms with Gasteiger partial charge in [-0.05, 0) is 161 Å². The second kappa shape index (κ2) is 32.7. The van der Waals surface area contributed by atoms with Crippen LogP contribution in [0.15, 0.2) is 147 Å². The molecular weight excluding hydrogens is 1510 g/mol. The Balaban J connectivity index is 0.000000106. The average Bonchev–Trinajstić information content (AvgIpc) is 1.54. The van der Waals surface area contributed by atoms with E-state index in [0.29, 0.717) is 101 Å². The third-order valence-electron chi connectivity index (χ3n) is 23.3.